The van der Waals surface area contributed by atoms with E-state index in [1.54, 1.807) is 0 Å². The molecule has 1 aliphatic rings. The van der Waals surface area contributed by atoms with Crippen molar-refractivity contribution >= 4 is 0 Å². The largest absolute Gasteiger partial charge is 0.392 e. The summed E-state index contributed by atoms with van der Waals surface area (Å²) in [4.78, 5) is 6.25. The third-order valence-corrected chi connectivity index (χ3v) is 2.35. The highest BCUT2D eigenvalue weighted by Gasteiger charge is 2.27. The van der Waals surface area contributed by atoms with Gasteiger partial charge in [-0.3, -0.25) is 0 Å². The summed E-state index contributed by atoms with van der Waals surface area (Å²) in [5.41, 5.74) is 0. The minimum atomic E-state index is -0.306. The van der Waals surface area contributed by atoms with Gasteiger partial charge < -0.3 is 19.8 Å². The van der Waals surface area contributed by atoms with Crippen LogP contribution in [0.5, 0.6) is 0 Å². The molecule has 0 amide bonds. The van der Waals surface area contributed by atoms with Crippen LogP contribution in [0.4, 0.5) is 0 Å². The standard InChI is InChI=1S/C9H16N4O2/c1-13(2)5-8-11-9(15-12-8)7-3-6(14)4-10-7/h6-7,10,14H,3-5H2,1-2H3/t6-,7-/m0/s1. The highest BCUT2D eigenvalue weighted by atomic mass is 16.5. The van der Waals surface area contributed by atoms with E-state index >= 15 is 0 Å². The van der Waals surface area contributed by atoms with Crippen molar-refractivity contribution in [2.75, 3.05) is 20.6 Å². The molecule has 1 aromatic heterocycles. The lowest BCUT2D eigenvalue weighted by Crippen LogP contribution is -2.15. The van der Waals surface area contributed by atoms with Crippen molar-refractivity contribution < 1.29 is 9.63 Å². The van der Waals surface area contributed by atoms with Crippen molar-refractivity contribution in [3.05, 3.63) is 11.7 Å². The second-order valence-corrected chi connectivity index (χ2v) is 4.14. The third kappa shape index (κ3) is 2.53. The number of hydrogen-bond acceptors (Lipinski definition) is 6. The maximum atomic E-state index is 9.35. The number of nitrogens with zero attached hydrogens (tertiary/aromatic N) is 3. The van der Waals surface area contributed by atoms with E-state index < -0.39 is 0 Å². The number of rotatable bonds is 3. The molecule has 1 saturated heterocycles. The molecule has 0 bridgehead atoms. The van der Waals surface area contributed by atoms with Crippen molar-refractivity contribution in [1.29, 1.82) is 0 Å². The van der Waals surface area contributed by atoms with E-state index in [1.807, 2.05) is 19.0 Å². The molecule has 6 heteroatoms. The Morgan fingerprint density at radius 2 is 2.40 bits per heavy atom. The highest BCUT2D eigenvalue weighted by molar-refractivity contribution is 4.97. The molecule has 0 radical (unpaired) electrons. The Hall–Kier alpha value is -0.980. The van der Waals surface area contributed by atoms with E-state index in [4.69, 9.17) is 4.52 Å². The van der Waals surface area contributed by atoms with Gasteiger partial charge in [-0.25, -0.2) is 0 Å². The fourth-order valence-corrected chi connectivity index (χ4v) is 1.66. The van der Waals surface area contributed by atoms with Crippen molar-refractivity contribution in [2.45, 2.75) is 25.1 Å². The first kappa shape index (κ1) is 10.5. The van der Waals surface area contributed by atoms with Gasteiger partial charge in [-0.15, -0.1) is 0 Å². The molecule has 0 saturated carbocycles. The van der Waals surface area contributed by atoms with Crippen LogP contribution in [0.2, 0.25) is 0 Å². The minimum Gasteiger partial charge on any atom is -0.392 e. The summed E-state index contributed by atoms with van der Waals surface area (Å²) in [7, 11) is 3.90. The molecule has 2 rings (SSSR count). The van der Waals surface area contributed by atoms with Crippen molar-refractivity contribution in [3.63, 3.8) is 0 Å². The molecule has 0 aromatic carbocycles. The third-order valence-electron chi connectivity index (χ3n) is 2.35. The van der Waals surface area contributed by atoms with Crippen LogP contribution in [0.15, 0.2) is 4.52 Å². The van der Waals surface area contributed by atoms with Gasteiger partial charge in [-0.2, -0.15) is 4.98 Å². The van der Waals surface area contributed by atoms with E-state index in [9.17, 15) is 5.11 Å². The molecule has 0 spiro atoms. The number of aliphatic hydroxyl groups excluding tert-OH is 1. The highest BCUT2D eigenvalue weighted by Crippen LogP contribution is 2.21. The minimum absolute atomic E-state index is 0.00316. The quantitative estimate of drug-likeness (QED) is 0.705. The van der Waals surface area contributed by atoms with Crippen LogP contribution in [-0.4, -0.2) is 46.9 Å². The van der Waals surface area contributed by atoms with Crippen molar-refractivity contribution in [2.24, 2.45) is 0 Å². The summed E-state index contributed by atoms with van der Waals surface area (Å²) in [5.74, 6) is 1.25. The van der Waals surface area contributed by atoms with Crippen LogP contribution >= 0.6 is 0 Å². The Bertz CT molecular complexity index is 326. The van der Waals surface area contributed by atoms with Gasteiger partial charge in [0, 0.05) is 6.54 Å². The maximum Gasteiger partial charge on any atom is 0.243 e. The molecular weight excluding hydrogens is 196 g/mol. The number of β-amino-alcohol motifs (C(OH)–C–C–N with tert-alkyl or cyclic N) is 1. The zero-order valence-corrected chi connectivity index (χ0v) is 8.97. The van der Waals surface area contributed by atoms with Crippen LogP contribution in [0.1, 0.15) is 24.2 Å². The number of nitrogens with one attached hydrogen (secondary N) is 1. The molecule has 84 valence electrons. The topological polar surface area (TPSA) is 74.4 Å². The first-order valence-electron chi connectivity index (χ1n) is 5.04. The number of aromatic nitrogens is 2. The Morgan fingerprint density at radius 3 is 3.00 bits per heavy atom. The lowest BCUT2D eigenvalue weighted by molar-refractivity contribution is 0.191. The molecule has 1 fully saturated rings. The summed E-state index contributed by atoms with van der Waals surface area (Å²) in [5, 5.41) is 16.4. The molecule has 0 unspecified atom stereocenters. The smallest absolute Gasteiger partial charge is 0.243 e. The Labute approximate surface area is 88.3 Å². The molecule has 1 aliphatic heterocycles. The second kappa shape index (κ2) is 4.26. The summed E-state index contributed by atoms with van der Waals surface area (Å²) in [6.07, 6.45) is 0.336. The van der Waals surface area contributed by atoms with Gasteiger partial charge in [-0.1, -0.05) is 5.16 Å². The summed E-state index contributed by atoms with van der Waals surface area (Å²) in [6, 6.07) is 0.00316. The van der Waals surface area contributed by atoms with E-state index in [-0.39, 0.29) is 12.1 Å². The van der Waals surface area contributed by atoms with Gasteiger partial charge in [0.15, 0.2) is 5.82 Å². The molecule has 1 aromatic rings. The van der Waals surface area contributed by atoms with E-state index in [1.165, 1.54) is 0 Å². The van der Waals surface area contributed by atoms with E-state index in [0.717, 1.165) is 0 Å². The molecular formula is C9H16N4O2. The number of aliphatic hydroxyl groups is 1. The summed E-state index contributed by atoms with van der Waals surface area (Å²) >= 11 is 0. The van der Waals surface area contributed by atoms with Crippen LogP contribution in [0.3, 0.4) is 0 Å². The molecule has 15 heavy (non-hydrogen) atoms. The van der Waals surface area contributed by atoms with Crippen LogP contribution in [-0.2, 0) is 6.54 Å². The van der Waals surface area contributed by atoms with Gasteiger partial charge in [0.25, 0.3) is 0 Å². The van der Waals surface area contributed by atoms with Gasteiger partial charge in [-0.05, 0) is 20.5 Å². The maximum absolute atomic E-state index is 9.35. The van der Waals surface area contributed by atoms with Crippen LogP contribution < -0.4 is 5.32 Å². The molecule has 2 atom stereocenters. The predicted molar refractivity (Wildman–Crippen MR) is 53.1 cm³/mol. The van der Waals surface area contributed by atoms with E-state index in [0.29, 0.717) is 31.2 Å². The SMILES string of the molecule is CN(C)Cc1noc([C@@H]2C[C@H](O)CN2)n1. The predicted octanol–water partition coefficient (Wildman–Crippen LogP) is -0.474. The van der Waals surface area contributed by atoms with Crippen molar-refractivity contribution in [3.8, 4) is 0 Å². The zero-order chi connectivity index (χ0) is 10.8. The average molecular weight is 212 g/mol. The van der Waals surface area contributed by atoms with Crippen molar-refractivity contribution in [1.82, 2.24) is 20.4 Å². The summed E-state index contributed by atoms with van der Waals surface area (Å²) < 4.78 is 5.14. The first-order valence-corrected chi connectivity index (χ1v) is 5.04. The fourth-order valence-electron chi connectivity index (χ4n) is 1.66. The van der Waals surface area contributed by atoms with Gasteiger partial charge in [0.05, 0.1) is 18.7 Å². The molecule has 0 aliphatic carbocycles. The molecule has 2 N–H and O–H groups in total. The molecule has 6 nitrogen and oxygen atoms in total. The van der Waals surface area contributed by atoms with Gasteiger partial charge in [0.1, 0.15) is 0 Å². The Kier molecular flexibility index (Phi) is 2.99. The monoisotopic (exact) mass is 212 g/mol. The Balaban J connectivity index is 2.00. The Morgan fingerprint density at radius 1 is 1.60 bits per heavy atom. The van der Waals surface area contributed by atoms with Crippen LogP contribution in [0.25, 0.3) is 0 Å². The number of hydrogen-bond donors (Lipinski definition) is 2. The van der Waals surface area contributed by atoms with Gasteiger partial charge in [0.2, 0.25) is 5.89 Å². The fraction of sp³-hybridized carbons (Fsp3) is 0.778. The lowest BCUT2D eigenvalue weighted by atomic mass is 10.2. The van der Waals surface area contributed by atoms with Crippen LogP contribution in [0, 0.1) is 0 Å². The average Bonchev–Trinajstić information content (AvgIpc) is 2.72. The first-order chi connectivity index (χ1) is 7.15. The summed E-state index contributed by atoms with van der Waals surface area (Å²) in [6.45, 7) is 1.26. The zero-order valence-electron chi connectivity index (χ0n) is 8.97. The molecule has 2 heterocycles. The lowest BCUT2D eigenvalue weighted by Gasteiger charge is -2.04. The normalized spacial score (nSPS) is 26.4. The van der Waals surface area contributed by atoms with E-state index in [2.05, 4.69) is 15.5 Å². The van der Waals surface area contributed by atoms with Gasteiger partial charge >= 0.3 is 0 Å². The second-order valence-electron chi connectivity index (χ2n) is 4.14.